The predicted octanol–water partition coefficient (Wildman–Crippen LogP) is 0.842. The Kier molecular flexibility index (Phi) is 3.51. The Morgan fingerprint density at radius 2 is 1.81 bits per heavy atom. The second-order valence-electron chi connectivity index (χ2n) is 7.72. The monoisotopic (exact) mass is 293 g/mol. The summed E-state index contributed by atoms with van der Waals surface area (Å²) in [7, 11) is 0. The van der Waals surface area contributed by atoms with Crippen molar-refractivity contribution in [3.63, 3.8) is 0 Å². The van der Waals surface area contributed by atoms with Crippen LogP contribution in [0.15, 0.2) is 0 Å². The molecule has 0 aromatic heterocycles. The first-order chi connectivity index (χ1) is 9.81. The van der Waals surface area contributed by atoms with Crippen LogP contribution in [0.2, 0.25) is 0 Å². The molecule has 2 amide bonds. The zero-order valence-corrected chi connectivity index (χ0v) is 13.6. The van der Waals surface area contributed by atoms with E-state index in [1.165, 1.54) is 0 Å². The molecule has 21 heavy (non-hydrogen) atoms. The van der Waals surface area contributed by atoms with Gasteiger partial charge in [-0.1, -0.05) is 13.8 Å². The first kappa shape index (κ1) is 14.8. The van der Waals surface area contributed by atoms with E-state index < -0.39 is 5.54 Å². The predicted molar refractivity (Wildman–Crippen MR) is 80.6 cm³/mol. The summed E-state index contributed by atoms with van der Waals surface area (Å²) in [5, 5.41) is 2.91. The lowest BCUT2D eigenvalue weighted by Gasteiger charge is -2.54. The van der Waals surface area contributed by atoms with Gasteiger partial charge < -0.3 is 15.1 Å². The van der Waals surface area contributed by atoms with E-state index in [-0.39, 0.29) is 29.8 Å². The van der Waals surface area contributed by atoms with Crippen LogP contribution in [0.4, 0.5) is 0 Å². The number of piperidine rings is 3. The highest BCUT2D eigenvalue weighted by Gasteiger charge is 2.51. The number of carbonyl (C=O) groups excluding carboxylic acids is 2. The summed E-state index contributed by atoms with van der Waals surface area (Å²) in [6, 6.07) is -0.117. The average molecular weight is 293 g/mol. The van der Waals surface area contributed by atoms with Gasteiger partial charge in [-0.05, 0) is 51.6 Å². The zero-order chi connectivity index (χ0) is 15.4. The summed E-state index contributed by atoms with van der Waals surface area (Å²) in [4.78, 5) is 29.9. The van der Waals surface area contributed by atoms with Gasteiger partial charge in [0, 0.05) is 12.6 Å². The molecule has 0 aromatic rings. The third-order valence-corrected chi connectivity index (χ3v) is 5.38. The van der Waals surface area contributed by atoms with Gasteiger partial charge >= 0.3 is 0 Å². The van der Waals surface area contributed by atoms with Crippen molar-refractivity contribution in [3.05, 3.63) is 0 Å². The standard InChI is InChI=1S/C16H27N3O2/c1-10(2)13-14(20)17-16(3,4)15(21)19(13)12-9-18-7-5-11(12)6-8-18/h10-13H,5-9H2,1-4H3,(H,17,20). The van der Waals surface area contributed by atoms with E-state index in [9.17, 15) is 9.59 Å². The van der Waals surface area contributed by atoms with Crippen molar-refractivity contribution in [2.75, 3.05) is 19.6 Å². The number of nitrogens with one attached hydrogen (secondary N) is 1. The van der Waals surface area contributed by atoms with Crippen LogP contribution in [-0.4, -0.2) is 58.9 Å². The van der Waals surface area contributed by atoms with E-state index in [1.807, 2.05) is 32.6 Å². The fourth-order valence-electron chi connectivity index (χ4n) is 4.24. The lowest BCUT2D eigenvalue weighted by molar-refractivity contribution is -0.163. The minimum absolute atomic E-state index is 0.00560. The Morgan fingerprint density at radius 3 is 2.29 bits per heavy atom. The number of amides is 2. The van der Waals surface area contributed by atoms with E-state index >= 15 is 0 Å². The smallest absolute Gasteiger partial charge is 0.248 e. The molecular weight excluding hydrogens is 266 g/mol. The molecule has 1 N–H and O–H groups in total. The Labute approximate surface area is 127 Å². The average Bonchev–Trinajstić information content (AvgIpc) is 2.42. The molecule has 118 valence electrons. The number of hydrogen-bond acceptors (Lipinski definition) is 3. The maximum atomic E-state index is 13.0. The summed E-state index contributed by atoms with van der Waals surface area (Å²) in [5.74, 6) is 0.785. The van der Waals surface area contributed by atoms with Gasteiger partial charge in [0.15, 0.2) is 0 Å². The van der Waals surface area contributed by atoms with Crippen LogP contribution in [0.5, 0.6) is 0 Å². The second-order valence-corrected chi connectivity index (χ2v) is 7.72. The molecule has 0 spiro atoms. The number of carbonyl (C=O) groups is 2. The molecule has 4 saturated heterocycles. The first-order valence-electron chi connectivity index (χ1n) is 8.18. The molecular formula is C16H27N3O2. The normalized spacial score (nSPS) is 38.8. The fraction of sp³-hybridized carbons (Fsp3) is 0.875. The molecule has 0 aromatic carbocycles. The fourth-order valence-corrected chi connectivity index (χ4v) is 4.24. The molecule has 4 heterocycles. The van der Waals surface area contributed by atoms with Crippen LogP contribution in [0.1, 0.15) is 40.5 Å². The zero-order valence-electron chi connectivity index (χ0n) is 13.6. The number of rotatable bonds is 2. The SMILES string of the molecule is CC(C)C1C(=O)NC(C)(C)C(=O)N1C1CN2CCC1CC2. The molecule has 4 fully saturated rings. The number of fused-ring (bicyclic) bond motifs is 3. The van der Waals surface area contributed by atoms with Crippen molar-refractivity contribution in [1.29, 1.82) is 0 Å². The Morgan fingerprint density at radius 1 is 1.19 bits per heavy atom. The third-order valence-electron chi connectivity index (χ3n) is 5.38. The van der Waals surface area contributed by atoms with Crippen LogP contribution in [0, 0.1) is 11.8 Å². The van der Waals surface area contributed by atoms with E-state index in [4.69, 9.17) is 0 Å². The first-order valence-corrected chi connectivity index (χ1v) is 8.18. The summed E-state index contributed by atoms with van der Waals surface area (Å²) in [6.45, 7) is 10.9. The van der Waals surface area contributed by atoms with Crippen molar-refractivity contribution in [2.45, 2.75) is 58.2 Å². The van der Waals surface area contributed by atoms with Gasteiger partial charge in [-0.3, -0.25) is 9.59 Å². The molecule has 0 radical (unpaired) electrons. The topological polar surface area (TPSA) is 52.7 Å². The van der Waals surface area contributed by atoms with Gasteiger partial charge in [0.1, 0.15) is 11.6 Å². The van der Waals surface area contributed by atoms with Crippen LogP contribution < -0.4 is 5.32 Å². The molecule has 5 heteroatoms. The number of nitrogens with zero attached hydrogens (tertiary/aromatic N) is 2. The third kappa shape index (κ3) is 2.35. The largest absolute Gasteiger partial charge is 0.340 e. The van der Waals surface area contributed by atoms with Gasteiger partial charge in [-0.15, -0.1) is 0 Å². The molecule has 2 unspecified atom stereocenters. The van der Waals surface area contributed by atoms with Crippen LogP contribution >= 0.6 is 0 Å². The molecule has 5 nitrogen and oxygen atoms in total. The van der Waals surface area contributed by atoms with Gasteiger partial charge in [-0.25, -0.2) is 0 Å². The van der Waals surface area contributed by atoms with Crippen LogP contribution in [-0.2, 0) is 9.59 Å². The van der Waals surface area contributed by atoms with Gasteiger partial charge in [0.2, 0.25) is 11.8 Å². The molecule has 0 saturated carbocycles. The van der Waals surface area contributed by atoms with E-state index in [2.05, 4.69) is 10.2 Å². The highest BCUT2D eigenvalue weighted by molar-refractivity contribution is 5.99. The van der Waals surface area contributed by atoms with Crippen LogP contribution in [0.3, 0.4) is 0 Å². The summed E-state index contributed by atoms with van der Waals surface area (Å²) < 4.78 is 0. The highest BCUT2D eigenvalue weighted by Crippen LogP contribution is 2.35. The number of piperazine rings is 1. The van der Waals surface area contributed by atoms with Crippen molar-refractivity contribution < 1.29 is 9.59 Å². The Bertz CT molecular complexity index is 452. The number of hydrogen-bond donors (Lipinski definition) is 1. The van der Waals surface area contributed by atoms with E-state index in [0.717, 1.165) is 32.5 Å². The second kappa shape index (κ2) is 4.97. The van der Waals surface area contributed by atoms with Crippen molar-refractivity contribution in [3.8, 4) is 0 Å². The van der Waals surface area contributed by atoms with Gasteiger partial charge in [0.25, 0.3) is 0 Å². The van der Waals surface area contributed by atoms with Crippen molar-refractivity contribution in [1.82, 2.24) is 15.1 Å². The molecule has 4 aliphatic heterocycles. The van der Waals surface area contributed by atoms with Gasteiger partial charge in [-0.2, -0.15) is 0 Å². The quantitative estimate of drug-likeness (QED) is 0.821. The van der Waals surface area contributed by atoms with E-state index in [0.29, 0.717) is 5.92 Å². The minimum atomic E-state index is -0.783. The van der Waals surface area contributed by atoms with Crippen molar-refractivity contribution >= 4 is 11.8 Å². The molecule has 4 aliphatic rings. The maximum absolute atomic E-state index is 13.0. The lowest BCUT2D eigenvalue weighted by atomic mass is 9.79. The molecule has 0 aliphatic carbocycles. The van der Waals surface area contributed by atoms with Crippen molar-refractivity contribution in [2.24, 2.45) is 11.8 Å². The maximum Gasteiger partial charge on any atom is 0.248 e. The van der Waals surface area contributed by atoms with E-state index in [1.54, 1.807) is 0 Å². The minimum Gasteiger partial charge on any atom is -0.340 e. The highest BCUT2D eigenvalue weighted by atomic mass is 16.2. The summed E-state index contributed by atoms with van der Waals surface area (Å²) in [6.07, 6.45) is 2.31. The Balaban J connectivity index is 1.94. The lowest BCUT2D eigenvalue weighted by Crippen LogP contribution is -2.74. The van der Waals surface area contributed by atoms with Crippen LogP contribution in [0.25, 0.3) is 0 Å². The molecule has 2 atom stereocenters. The van der Waals surface area contributed by atoms with Gasteiger partial charge in [0.05, 0.1) is 0 Å². The Hall–Kier alpha value is -1.10. The summed E-state index contributed by atoms with van der Waals surface area (Å²) >= 11 is 0. The summed E-state index contributed by atoms with van der Waals surface area (Å²) in [5.41, 5.74) is -0.783. The molecule has 2 bridgehead atoms. The molecule has 4 rings (SSSR count).